The molecular formula is C77H147NO5. The van der Waals surface area contributed by atoms with E-state index in [1.807, 2.05) is 0 Å². The van der Waals surface area contributed by atoms with Crippen LogP contribution in [-0.4, -0.2) is 47.4 Å². The summed E-state index contributed by atoms with van der Waals surface area (Å²) in [6.45, 7) is 4.97. The van der Waals surface area contributed by atoms with E-state index in [1.165, 1.54) is 334 Å². The fraction of sp³-hybridized carbons (Fsp3) is 0.896. The highest BCUT2D eigenvalue weighted by Gasteiger charge is 2.20. The number of carbonyl (C=O) groups is 2. The summed E-state index contributed by atoms with van der Waals surface area (Å²) < 4.78 is 5.50. The van der Waals surface area contributed by atoms with Gasteiger partial charge in [0.1, 0.15) is 0 Å². The number of aliphatic hydroxyl groups is 2. The van der Waals surface area contributed by atoms with Crippen LogP contribution in [0.25, 0.3) is 0 Å². The molecule has 0 bridgehead atoms. The molecule has 1 amide bonds. The largest absolute Gasteiger partial charge is 0.466 e. The lowest BCUT2D eigenvalue weighted by Crippen LogP contribution is -2.45. The first-order valence-corrected chi connectivity index (χ1v) is 37.7. The first-order chi connectivity index (χ1) is 41.0. The van der Waals surface area contributed by atoms with Crippen molar-refractivity contribution >= 4 is 11.9 Å². The van der Waals surface area contributed by atoms with Gasteiger partial charge in [-0.15, -0.1) is 0 Å². The molecule has 0 spiro atoms. The van der Waals surface area contributed by atoms with Gasteiger partial charge in [-0.05, 0) is 83.5 Å². The van der Waals surface area contributed by atoms with Gasteiger partial charge < -0.3 is 20.3 Å². The highest BCUT2D eigenvalue weighted by atomic mass is 16.5. The Balaban J connectivity index is 3.38. The maximum Gasteiger partial charge on any atom is 0.305 e. The molecule has 2 atom stereocenters. The third kappa shape index (κ3) is 69.1. The molecule has 0 aliphatic rings. The van der Waals surface area contributed by atoms with E-state index in [0.29, 0.717) is 25.9 Å². The Morgan fingerprint density at radius 2 is 0.602 bits per heavy atom. The fourth-order valence-corrected chi connectivity index (χ4v) is 11.9. The molecule has 0 rings (SSSR count). The van der Waals surface area contributed by atoms with E-state index in [1.54, 1.807) is 0 Å². The molecule has 0 aromatic heterocycles. The van der Waals surface area contributed by atoms with Crippen LogP contribution in [0.2, 0.25) is 0 Å². The molecular weight excluding hydrogens is 1020 g/mol. The zero-order valence-electron chi connectivity index (χ0n) is 56.2. The van der Waals surface area contributed by atoms with E-state index in [4.69, 9.17) is 4.74 Å². The number of hydrogen-bond donors (Lipinski definition) is 3. The molecule has 490 valence electrons. The quantitative estimate of drug-likeness (QED) is 0.0320. The summed E-state index contributed by atoms with van der Waals surface area (Å²) >= 11 is 0. The first-order valence-electron chi connectivity index (χ1n) is 37.7. The predicted octanol–water partition coefficient (Wildman–Crippen LogP) is 24.7. The molecule has 2 unspecified atom stereocenters. The third-order valence-corrected chi connectivity index (χ3v) is 17.7. The van der Waals surface area contributed by atoms with Crippen LogP contribution in [0.5, 0.6) is 0 Å². The van der Waals surface area contributed by atoms with Crippen molar-refractivity contribution in [2.45, 2.75) is 431 Å². The predicted molar refractivity (Wildman–Crippen MR) is 366 cm³/mol. The number of carbonyl (C=O) groups excluding carboxylic acids is 2. The van der Waals surface area contributed by atoms with Gasteiger partial charge in [-0.25, -0.2) is 0 Å². The van der Waals surface area contributed by atoms with Crippen molar-refractivity contribution in [2.75, 3.05) is 13.2 Å². The molecule has 0 radical (unpaired) electrons. The Hall–Kier alpha value is -1.92. The standard InChI is InChI=1S/C77H147NO5/c1-3-5-7-9-11-13-15-17-19-21-22-23-31-34-38-41-45-49-53-57-61-65-69-75(80)74(73-79)78-76(81)70-66-62-58-54-50-46-42-39-35-32-29-27-25-24-26-28-30-33-36-40-44-48-52-56-60-64-68-72-83-77(82)71-67-63-59-55-51-47-43-37-20-18-16-14-12-10-8-6-4-2/h12,14,18,20,24-25,74-75,79-80H,3-11,13,15-17,19,21-23,26-73H2,1-2H3,(H,78,81)/b14-12-,20-18-,25-24-. The molecule has 0 aromatic carbocycles. The summed E-state index contributed by atoms with van der Waals surface area (Å²) in [4.78, 5) is 24.7. The van der Waals surface area contributed by atoms with Gasteiger partial charge in [-0.3, -0.25) is 9.59 Å². The van der Waals surface area contributed by atoms with Gasteiger partial charge in [0.15, 0.2) is 0 Å². The molecule has 3 N–H and O–H groups in total. The zero-order chi connectivity index (χ0) is 59.9. The minimum Gasteiger partial charge on any atom is -0.466 e. The van der Waals surface area contributed by atoms with Crippen molar-refractivity contribution in [3.63, 3.8) is 0 Å². The summed E-state index contributed by atoms with van der Waals surface area (Å²) in [6, 6.07) is -0.544. The van der Waals surface area contributed by atoms with Crippen LogP contribution in [0.3, 0.4) is 0 Å². The maximum atomic E-state index is 12.6. The summed E-state index contributed by atoms with van der Waals surface area (Å²) in [5.41, 5.74) is 0. The van der Waals surface area contributed by atoms with Gasteiger partial charge in [-0.2, -0.15) is 0 Å². The Morgan fingerprint density at radius 1 is 0.337 bits per heavy atom. The summed E-state index contributed by atoms with van der Waals surface area (Å²) in [7, 11) is 0. The Kier molecular flexibility index (Phi) is 70.9. The van der Waals surface area contributed by atoms with Gasteiger partial charge in [0.2, 0.25) is 5.91 Å². The minimum absolute atomic E-state index is 0.00809. The second-order valence-corrected chi connectivity index (χ2v) is 26.0. The van der Waals surface area contributed by atoms with Crippen LogP contribution in [-0.2, 0) is 14.3 Å². The number of unbranched alkanes of at least 4 members (excludes halogenated alkanes) is 54. The Bertz CT molecular complexity index is 1340. The number of rotatable bonds is 71. The minimum atomic E-state index is -0.666. The molecule has 0 aromatic rings. The van der Waals surface area contributed by atoms with Gasteiger partial charge >= 0.3 is 5.97 Å². The van der Waals surface area contributed by atoms with Crippen LogP contribution < -0.4 is 5.32 Å². The molecule has 83 heavy (non-hydrogen) atoms. The molecule has 0 aliphatic heterocycles. The van der Waals surface area contributed by atoms with E-state index in [-0.39, 0.29) is 18.5 Å². The van der Waals surface area contributed by atoms with Crippen LogP contribution >= 0.6 is 0 Å². The average Bonchev–Trinajstić information content (AvgIpc) is 3.49. The van der Waals surface area contributed by atoms with Gasteiger partial charge in [-0.1, -0.05) is 359 Å². The van der Waals surface area contributed by atoms with Crippen LogP contribution in [0.4, 0.5) is 0 Å². The van der Waals surface area contributed by atoms with E-state index < -0.39 is 12.1 Å². The lowest BCUT2D eigenvalue weighted by molar-refractivity contribution is -0.143. The summed E-state index contributed by atoms with van der Waals surface area (Å²) in [5, 5.41) is 23.4. The first kappa shape index (κ1) is 81.1. The van der Waals surface area contributed by atoms with Crippen molar-refractivity contribution in [3.05, 3.63) is 36.5 Å². The highest BCUT2D eigenvalue weighted by molar-refractivity contribution is 5.76. The van der Waals surface area contributed by atoms with Gasteiger partial charge in [0, 0.05) is 12.8 Å². The van der Waals surface area contributed by atoms with Crippen molar-refractivity contribution in [1.82, 2.24) is 5.32 Å². The van der Waals surface area contributed by atoms with Crippen molar-refractivity contribution in [1.29, 1.82) is 0 Å². The fourth-order valence-electron chi connectivity index (χ4n) is 11.9. The lowest BCUT2D eigenvalue weighted by Gasteiger charge is -2.22. The van der Waals surface area contributed by atoms with E-state index >= 15 is 0 Å². The number of nitrogens with one attached hydrogen (secondary N) is 1. The number of hydrogen-bond acceptors (Lipinski definition) is 5. The molecule has 0 aliphatic carbocycles. The van der Waals surface area contributed by atoms with E-state index in [2.05, 4.69) is 55.6 Å². The Morgan fingerprint density at radius 3 is 0.952 bits per heavy atom. The second kappa shape index (κ2) is 72.6. The van der Waals surface area contributed by atoms with E-state index in [0.717, 1.165) is 51.4 Å². The third-order valence-electron chi connectivity index (χ3n) is 17.7. The van der Waals surface area contributed by atoms with Gasteiger partial charge in [0.25, 0.3) is 0 Å². The second-order valence-electron chi connectivity index (χ2n) is 26.0. The Labute approximate surface area is 519 Å². The monoisotopic (exact) mass is 1170 g/mol. The molecule has 0 saturated carbocycles. The van der Waals surface area contributed by atoms with Crippen molar-refractivity contribution in [3.8, 4) is 0 Å². The molecule has 6 heteroatoms. The van der Waals surface area contributed by atoms with Gasteiger partial charge in [0.05, 0.1) is 25.4 Å². The summed E-state index contributed by atoms with van der Waals surface area (Å²) in [6.07, 6.45) is 93.5. The number of aliphatic hydroxyl groups excluding tert-OH is 2. The molecule has 0 fully saturated rings. The topological polar surface area (TPSA) is 95.9 Å². The number of allylic oxidation sites excluding steroid dienone is 6. The maximum absolute atomic E-state index is 12.6. The number of amides is 1. The summed E-state index contributed by atoms with van der Waals surface area (Å²) in [5.74, 6) is -0.0232. The molecule has 6 nitrogen and oxygen atoms in total. The smallest absolute Gasteiger partial charge is 0.305 e. The van der Waals surface area contributed by atoms with E-state index in [9.17, 15) is 19.8 Å². The molecule has 0 heterocycles. The number of esters is 1. The SMILES string of the molecule is CCCCC/C=C\C/C=C\CCCCCCCCCC(=O)OCCCCCCCCCCCCCC/C=C\CCCCCCCCCCCCCC(=O)NC(CO)C(O)CCCCCCCCCCCCCCCCCCCCCCCC. The molecule has 0 saturated heterocycles. The average molecular weight is 1170 g/mol. The van der Waals surface area contributed by atoms with Crippen molar-refractivity contribution < 1.29 is 24.5 Å². The van der Waals surface area contributed by atoms with Crippen LogP contribution in [0.1, 0.15) is 418 Å². The normalized spacial score (nSPS) is 12.7. The lowest BCUT2D eigenvalue weighted by atomic mass is 10.0. The van der Waals surface area contributed by atoms with Crippen molar-refractivity contribution in [2.24, 2.45) is 0 Å². The highest BCUT2D eigenvalue weighted by Crippen LogP contribution is 2.19. The van der Waals surface area contributed by atoms with Crippen LogP contribution in [0.15, 0.2) is 36.5 Å². The number of ether oxygens (including phenoxy) is 1. The zero-order valence-corrected chi connectivity index (χ0v) is 56.2. The van der Waals surface area contributed by atoms with Crippen LogP contribution in [0, 0.1) is 0 Å².